The second-order valence-electron chi connectivity index (χ2n) is 7.05. The van der Waals surface area contributed by atoms with E-state index in [0.717, 1.165) is 22.3 Å². The molecule has 0 atom stereocenters. The Kier molecular flexibility index (Phi) is 6.11. The van der Waals surface area contributed by atoms with Gasteiger partial charge in [0.25, 0.3) is 5.91 Å². The highest BCUT2D eigenvalue weighted by Gasteiger charge is 2.18. The van der Waals surface area contributed by atoms with Gasteiger partial charge in [-0.1, -0.05) is 18.2 Å². The third kappa shape index (κ3) is 4.65. The van der Waals surface area contributed by atoms with E-state index in [1.807, 2.05) is 36.4 Å². The van der Waals surface area contributed by atoms with E-state index in [0.29, 0.717) is 37.7 Å². The van der Waals surface area contributed by atoms with Gasteiger partial charge in [-0.2, -0.15) is 5.26 Å². The molecular formula is C24H22N4O3. The van der Waals surface area contributed by atoms with E-state index in [-0.39, 0.29) is 5.57 Å². The average Bonchev–Trinajstić information content (AvgIpc) is 2.83. The Morgan fingerprint density at radius 1 is 1.19 bits per heavy atom. The second kappa shape index (κ2) is 9.28. The van der Waals surface area contributed by atoms with Crippen LogP contribution in [0.25, 0.3) is 17.0 Å². The molecule has 3 aromatic rings. The fourth-order valence-electron chi connectivity index (χ4n) is 3.43. The predicted octanol–water partition coefficient (Wildman–Crippen LogP) is 3.63. The van der Waals surface area contributed by atoms with Gasteiger partial charge in [0.15, 0.2) is 0 Å². The minimum absolute atomic E-state index is 0.00223. The van der Waals surface area contributed by atoms with Gasteiger partial charge in [0.2, 0.25) is 0 Å². The molecule has 1 fully saturated rings. The van der Waals surface area contributed by atoms with Crippen molar-refractivity contribution in [2.24, 2.45) is 0 Å². The molecule has 4 rings (SSSR count). The largest absolute Gasteiger partial charge is 0.497 e. The Balaban J connectivity index is 1.69. The number of nitrogens with zero attached hydrogens (tertiary/aromatic N) is 3. The van der Waals surface area contributed by atoms with Gasteiger partial charge in [-0.25, -0.2) is 4.98 Å². The third-order valence-corrected chi connectivity index (χ3v) is 5.06. The quantitative estimate of drug-likeness (QED) is 0.507. The smallest absolute Gasteiger partial charge is 0.266 e. The van der Waals surface area contributed by atoms with Crippen LogP contribution in [0.1, 0.15) is 5.56 Å². The molecule has 156 valence electrons. The predicted molar refractivity (Wildman–Crippen MR) is 120 cm³/mol. The van der Waals surface area contributed by atoms with Crippen molar-refractivity contribution in [3.8, 4) is 11.8 Å². The van der Waals surface area contributed by atoms with Crippen molar-refractivity contribution in [1.29, 1.82) is 5.26 Å². The zero-order valence-corrected chi connectivity index (χ0v) is 17.2. The Morgan fingerprint density at radius 3 is 2.65 bits per heavy atom. The number of hydrogen-bond donors (Lipinski definition) is 1. The lowest BCUT2D eigenvalue weighted by Gasteiger charge is -2.29. The highest BCUT2D eigenvalue weighted by molar-refractivity contribution is 6.10. The van der Waals surface area contributed by atoms with Crippen molar-refractivity contribution in [2.45, 2.75) is 0 Å². The van der Waals surface area contributed by atoms with Crippen LogP contribution in [0.4, 0.5) is 11.5 Å². The lowest BCUT2D eigenvalue weighted by molar-refractivity contribution is -0.112. The fourth-order valence-corrected chi connectivity index (χ4v) is 3.43. The molecule has 1 N–H and O–H groups in total. The molecular weight excluding hydrogens is 392 g/mol. The fraction of sp³-hybridized carbons (Fsp3) is 0.208. The zero-order valence-electron chi connectivity index (χ0n) is 17.2. The Labute approximate surface area is 180 Å². The topological polar surface area (TPSA) is 87.5 Å². The van der Waals surface area contributed by atoms with E-state index in [9.17, 15) is 10.1 Å². The first-order chi connectivity index (χ1) is 15.2. The molecule has 0 saturated carbocycles. The minimum atomic E-state index is -0.478. The van der Waals surface area contributed by atoms with E-state index in [4.69, 9.17) is 14.5 Å². The zero-order chi connectivity index (χ0) is 21.6. The molecule has 7 heteroatoms. The van der Waals surface area contributed by atoms with Crippen molar-refractivity contribution < 1.29 is 14.3 Å². The molecule has 1 amide bonds. The van der Waals surface area contributed by atoms with Gasteiger partial charge in [-0.3, -0.25) is 4.79 Å². The normalized spacial score (nSPS) is 14.2. The standard InChI is InChI=1S/C24H22N4O3/c1-30-21-8-6-20(7-9-21)26-24(29)19(16-25)15-18-14-17-4-2-3-5-22(17)27-23(18)28-10-12-31-13-11-28/h2-9,14-15H,10-13H2,1H3,(H,26,29)/b19-15+. The number of morpholine rings is 1. The number of para-hydroxylation sites is 1. The van der Waals surface area contributed by atoms with Crippen molar-refractivity contribution in [2.75, 3.05) is 43.6 Å². The van der Waals surface area contributed by atoms with Gasteiger partial charge in [0.05, 0.1) is 25.8 Å². The van der Waals surface area contributed by atoms with Gasteiger partial charge in [0.1, 0.15) is 23.2 Å². The number of hydrogen-bond acceptors (Lipinski definition) is 6. The van der Waals surface area contributed by atoms with Crippen LogP contribution in [0.3, 0.4) is 0 Å². The maximum absolute atomic E-state index is 12.8. The van der Waals surface area contributed by atoms with Crippen molar-refractivity contribution in [1.82, 2.24) is 4.98 Å². The summed E-state index contributed by atoms with van der Waals surface area (Å²) in [5.74, 6) is 0.951. The minimum Gasteiger partial charge on any atom is -0.497 e. The van der Waals surface area contributed by atoms with E-state index in [1.165, 1.54) is 0 Å². The molecule has 7 nitrogen and oxygen atoms in total. The summed E-state index contributed by atoms with van der Waals surface area (Å²) in [5.41, 5.74) is 2.17. The number of aromatic nitrogens is 1. The van der Waals surface area contributed by atoms with Crippen molar-refractivity contribution >= 4 is 34.4 Å². The molecule has 1 aliphatic heterocycles. The van der Waals surface area contributed by atoms with E-state index >= 15 is 0 Å². The number of carbonyl (C=O) groups excluding carboxylic acids is 1. The van der Waals surface area contributed by atoms with Crippen LogP contribution in [0.2, 0.25) is 0 Å². The number of amides is 1. The maximum Gasteiger partial charge on any atom is 0.266 e. The molecule has 31 heavy (non-hydrogen) atoms. The Morgan fingerprint density at radius 2 is 1.94 bits per heavy atom. The van der Waals surface area contributed by atoms with E-state index < -0.39 is 5.91 Å². The molecule has 0 radical (unpaired) electrons. The number of carbonyl (C=O) groups is 1. The van der Waals surface area contributed by atoms with Crippen molar-refractivity contribution in [3.05, 3.63) is 65.7 Å². The Bertz CT molecular complexity index is 1160. The van der Waals surface area contributed by atoms with Crippen molar-refractivity contribution in [3.63, 3.8) is 0 Å². The summed E-state index contributed by atoms with van der Waals surface area (Å²) in [6.45, 7) is 2.62. The number of pyridine rings is 1. The highest BCUT2D eigenvalue weighted by atomic mass is 16.5. The number of benzene rings is 2. The molecule has 1 aliphatic rings. The van der Waals surface area contributed by atoms with Crippen LogP contribution in [-0.4, -0.2) is 44.3 Å². The molecule has 0 bridgehead atoms. The molecule has 0 aliphatic carbocycles. The lowest BCUT2D eigenvalue weighted by atomic mass is 10.1. The third-order valence-electron chi connectivity index (χ3n) is 5.06. The van der Waals surface area contributed by atoms with Crippen LogP contribution in [0.5, 0.6) is 5.75 Å². The number of nitriles is 1. The molecule has 0 spiro atoms. The van der Waals surface area contributed by atoms with Gasteiger partial charge in [-0.05, 0) is 42.5 Å². The Hall–Kier alpha value is -3.89. The highest BCUT2D eigenvalue weighted by Crippen LogP contribution is 2.27. The summed E-state index contributed by atoms with van der Waals surface area (Å²) in [6, 6.07) is 18.7. The second-order valence-corrected chi connectivity index (χ2v) is 7.05. The van der Waals surface area contributed by atoms with Gasteiger partial charge >= 0.3 is 0 Å². The summed E-state index contributed by atoms with van der Waals surface area (Å²) < 4.78 is 10.6. The average molecular weight is 414 g/mol. The van der Waals surface area contributed by atoms with Crippen LogP contribution in [-0.2, 0) is 9.53 Å². The molecule has 2 aromatic carbocycles. The molecule has 0 unspecified atom stereocenters. The lowest BCUT2D eigenvalue weighted by Crippen LogP contribution is -2.37. The summed E-state index contributed by atoms with van der Waals surface area (Å²) >= 11 is 0. The summed E-state index contributed by atoms with van der Waals surface area (Å²) in [6.07, 6.45) is 1.60. The number of nitrogens with one attached hydrogen (secondary N) is 1. The van der Waals surface area contributed by atoms with Gasteiger partial charge < -0.3 is 19.7 Å². The first-order valence-electron chi connectivity index (χ1n) is 9.97. The van der Waals surface area contributed by atoms with Crippen LogP contribution < -0.4 is 15.0 Å². The molecule has 2 heterocycles. The monoisotopic (exact) mass is 414 g/mol. The SMILES string of the molecule is COc1ccc(NC(=O)/C(C#N)=C/c2cc3ccccc3nc2N2CCOCC2)cc1. The number of fused-ring (bicyclic) bond motifs is 1. The van der Waals surface area contributed by atoms with Gasteiger partial charge in [0, 0.05) is 29.7 Å². The molecule has 1 saturated heterocycles. The van der Waals surface area contributed by atoms with Crippen LogP contribution >= 0.6 is 0 Å². The van der Waals surface area contributed by atoms with Crippen LogP contribution in [0, 0.1) is 11.3 Å². The first-order valence-corrected chi connectivity index (χ1v) is 9.97. The summed E-state index contributed by atoms with van der Waals surface area (Å²) in [5, 5.41) is 13.4. The molecule has 1 aromatic heterocycles. The number of methoxy groups -OCH3 is 1. The van der Waals surface area contributed by atoms with Gasteiger partial charge in [-0.15, -0.1) is 0 Å². The maximum atomic E-state index is 12.8. The number of ether oxygens (including phenoxy) is 2. The number of rotatable bonds is 5. The van der Waals surface area contributed by atoms with E-state index in [1.54, 1.807) is 37.5 Å². The summed E-state index contributed by atoms with van der Waals surface area (Å²) in [7, 11) is 1.58. The first kappa shape index (κ1) is 20.4. The summed E-state index contributed by atoms with van der Waals surface area (Å²) in [4.78, 5) is 19.7. The number of anilines is 2. The van der Waals surface area contributed by atoms with E-state index in [2.05, 4.69) is 10.2 Å². The van der Waals surface area contributed by atoms with Crippen LogP contribution in [0.15, 0.2) is 60.2 Å².